The topological polar surface area (TPSA) is 127 Å². The molecule has 35 heavy (non-hydrogen) atoms. The fourth-order valence-electron chi connectivity index (χ4n) is 4.98. The van der Waals surface area contributed by atoms with Gasteiger partial charge in [-0.25, -0.2) is 4.98 Å². The Morgan fingerprint density at radius 3 is 2.74 bits per heavy atom. The van der Waals surface area contributed by atoms with E-state index in [9.17, 15) is 9.59 Å². The third-order valence-electron chi connectivity index (χ3n) is 7.14. The molecule has 1 saturated carbocycles. The van der Waals surface area contributed by atoms with Gasteiger partial charge in [0.1, 0.15) is 21.4 Å². The van der Waals surface area contributed by atoms with E-state index in [0.29, 0.717) is 34.5 Å². The summed E-state index contributed by atoms with van der Waals surface area (Å²) in [5, 5.41) is 12.8. The largest absolute Gasteiger partial charge is 0.369 e. The second-order valence-electron chi connectivity index (χ2n) is 9.48. The van der Waals surface area contributed by atoms with Gasteiger partial charge in [-0.1, -0.05) is 12.5 Å². The van der Waals surface area contributed by atoms with E-state index >= 15 is 0 Å². The molecule has 10 heteroatoms. The summed E-state index contributed by atoms with van der Waals surface area (Å²) < 4.78 is 0. The number of nitrogens with zero attached hydrogens (tertiary/aromatic N) is 5. The zero-order valence-electron chi connectivity index (χ0n) is 19.7. The molecule has 1 unspecified atom stereocenters. The molecule has 4 heterocycles. The van der Waals surface area contributed by atoms with Crippen LogP contribution in [0, 0.1) is 12.8 Å². The summed E-state index contributed by atoms with van der Waals surface area (Å²) in [6.07, 6.45) is 8.35. The Bertz CT molecular complexity index is 1220. The monoisotopic (exact) mass is 491 g/mol. The number of pyridine rings is 1. The molecule has 3 aromatic heterocycles. The molecule has 182 valence electrons. The molecular weight excluding hydrogens is 462 g/mol. The lowest BCUT2D eigenvalue weighted by Gasteiger charge is -2.42. The Hall–Kier alpha value is -3.40. The first-order chi connectivity index (χ1) is 16.9. The van der Waals surface area contributed by atoms with Gasteiger partial charge in [-0.3, -0.25) is 14.6 Å². The highest BCUT2D eigenvalue weighted by Gasteiger charge is 2.40. The fourth-order valence-corrected chi connectivity index (χ4v) is 5.83. The van der Waals surface area contributed by atoms with Crippen molar-refractivity contribution in [1.29, 1.82) is 0 Å². The van der Waals surface area contributed by atoms with Gasteiger partial charge in [0, 0.05) is 31.2 Å². The highest BCUT2D eigenvalue weighted by molar-refractivity contribution is 7.16. The molecule has 2 amide bonds. The van der Waals surface area contributed by atoms with Gasteiger partial charge in [0.15, 0.2) is 0 Å². The number of rotatable bonds is 7. The number of hydrogen-bond acceptors (Lipinski definition) is 8. The summed E-state index contributed by atoms with van der Waals surface area (Å²) in [7, 11) is 0. The number of carbonyl (C=O) groups is 2. The lowest BCUT2D eigenvalue weighted by Crippen LogP contribution is -2.43. The van der Waals surface area contributed by atoms with Crippen molar-refractivity contribution in [3.8, 4) is 10.7 Å². The number of likely N-dealkylation sites (tertiary alicyclic amines) is 1. The standard InChI is InChI=1S/C25H29N7O2S/c1-16-5-2-11-27-21(16)25(9-4-10-25)15-29-20-8-7-18(30-31-20)23-28-13-19(35-23)24(34)32-12-3-6-17(14-32)22(26)33/h2,5,7-8,11,13,17H,3-4,6,9-10,12,14-15H2,1H3,(H2,26,33)(H,29,31). The van der Waals surface area contributed by atoms with Crippen LogP contribution < -0.4 is 11.1 Å². The van der Waals surface area contributed by atoms with E-state index in [2.05, 4.69) is 38.5 Å². The van der Waals surface area contributed by atoms with Crippen molar-refractivity contribution in [3.05, 3.63) is 52.8 Å². The van der Waals surface area contributed by atoms with Crippen LogP contribution in [0.3, 0.4) is 0 Å². The number of piperidine rings is 1. The third-order valence-corrected chi connectivity index (χ3v) is 8.15. The molecule has 0 bridgehead atoms. The predicted molar refractivity (Wildman–Crippen MR) is 134 cm³/mol. The maximum Gasteiger partial charge on any atom is 0.265 e. The van der Waals surface area contributed by atoms with Crippen LogP contribution in [-0.2, 0) is 10.2 Å². The van der Waals surface area contributed by atoms with Crippen LogP contribution in [0.25, 0.3) is 10.7 Å². The van der Waals surface area contributed by atoms with Crippen LogP contribution in [0.5, 0.6) is 0 Å². The number of nitrogens with two attached hydrogens (primary N) is 1. The molecule has 1 aliphatic heterocycles. The molecule has 0 radical (unpaired) electrons. The molecular formula is C25H29N7O2S. The van der Waals surface area contributed by atoms with Gasteiger partial charge in [-0.15, -0.1) is 21.5 Å². The number of amides is 2. The van der Waals surface area contributed by atoms with Gasteiger partial charge in [0.25, 0.3) is 5.91 Å². The predicted octanol–water partition coefficient (Wildman–Crippen LogP) is 3.17. The van der Waals surface area contributed by atoms with Crippen LogP contribution in [0.1, 0.15) is 53.0 Å². The lowest BCUT2D eigenvalue weighted by molar-refractivity contribution is -0.123. The van der Waals surface area contributed by atoms with Crippen molar-refractivity contribution in [1.82, 2.24) is 25.1 Å². The summed E-state index contributed by atoms with van der Waals surface area (Å²) in [4.78, 5) is 35.7. The molecule has 1 aliphatic carbocycles. The normalized spacial score (nSPS) is 19.1. The molecule has 3 N–H and O–H groups in total. The molecule has 3 aromatic rings. The minimum absolute atomic E-state index is 0.0399. The SMILES string of the molecule is Cc1cccnc1C1(CNc2ccc(-c3ncc(C(=O)N4CCCC(C(N)=O)C4)s3)nn2)CCC1. The average molecular weight is 492 g/mol. The number of hydrogen-bond donors (Lipinski definition) is 2. The number of carbonyl (C=O) groups excluding carboxylic acids is 2. The lowest BCUT2D eigenvalue weighted by atomic mass is 9.65. The van der Waals surface area contributed by atoms with Gasteiger partial charge in [0.2, 0.25) is 5.91 Å². The number of primary amides is 1. The number of anilines is 1. The Labute approximate surface area is 208 Å². The van der Waals surface area contributed by atoms with Crippen molar-refractivity contribution in [2.24, 2.45) is 11.7 Å². The first kappa shape index (κ1) is 23.3. The molecule has 2 fully saturated rings. The fraction of sp³-hybridized carbons (Fsp3) is 0.440. The van der Waals surface area contributed by atoms with Crippen molar-refractivity contribution in [2.75, 3.05) is 25.0 Å². The zero-order valence-corrected chi connectivity index (χ0v) is 20.6. The minimum atomic E-state index is -0.352. The van der Waals surface area contributed by atoms with Gasteiger partial charge < -0.3 is 16.0 Å². The molecule has 1 saturated heterocycles. The number of aryl methyl sites for hydroxylation is 1. The van der Waals surface area contributed by atoms with Crippen molar-refractivity contribution in [3.63, 3.8) is 0 Å². The maximum atomic E-state index is 12.9. The van der Waals surface area contributed by atoms with E-state index in [4.69, 9.17) is 5.73 Å². The summed E-state index contributed by atoms with van der Waals surface area (Å²) >= 11 is 1.28. The Balaban J connectivity index is 1.23. The average Bonchev–Trinajstić information content (AvgIpc) is 3.35. The van der Waals surface area contributed by atoms with Gasteiger partial charge in [-0.2, -0.15) is 0 Å². The molecule has 0 aromatic carbocycles. The molecule has 0 spiro atoms. The molecule has 1 atom stereocenters. The number of aromatic nitrogens is 4. The van der Waals surface area contributed by atoms with E-state index < -0.39 is 0 Å². The van der Waals surface area contributed by atoms with Crippen LogP contribution in [0.4, 0.5) is 5.82 Å². The van der Waals surface area contributed by atoms with Crippen LogP contribution in [0.2, 0.25) is 0 Å². The van der Waals surface area contributed by atoms with E-state index in [1.165, 1.54) is 29.0 Å². The third kappa shape index (κ3) is 4.75. The van der Waals surface area contributed by atoms with E-state index in [0.717, 1.165) is 32.2 Å². The summed E-state index contributed by atoms with van der Waals surface area (Å²) in [5.74, 6) is -0.0599. The number of thiazole rings is 1. The smallest absolute Gasteiger partial charge is 0.265 e. The first-order valence-corrected chi connectivity index (χ1v) is 12.8. The van der Waals surface area contributed by atoms with Crippen LogP contribution in [-0.4, -0.2) is 56.5 Å². The minimum Gasteiger partial charge on any atom is -0.369 e. The van der Waals surface area contributed by atoms with Crippen molar-refractivity contribution in [2.45, 2.75) is 44.4 Å². The van der Waals surface area contributed by atoms with Crippen molar-refractivity contribution < 1.29 is 9.59 Å². The summed E-state index contributed by atoms with van der Waals surface area (Å²) in [5.41, 5.74) is 8.49. The second-order valence-corrected chi connectivity index (χ2v) is 10.5. The quantitative estimate of drug-likeness (QED) is 0.520. The molecule has 5 rings (SSSR count). The van der Waals surface area contributed by atoms with Crippen LogP contribution in [0.15, 0.2) is 36.7 Å². The highest BCUT2D eigenvalue weighted by Crippen LogP contribution is 2.44. The molecule has 9 nitrogen and oxygen atoms in total. The Morgan fingerprint density at radius 2 is 2.06 bits per heavy atom. The zero-order chi connectivity index (χ0) is 24.4. The van der Waals surface area contributed by atoms with E-state index in [1.54, 1.807) is 11.1 Å². The van der Waals surface area contributed by atoms with E-state index in [-0.39, 0.29) is 23.1 Å². The van der Waals surface area contributed by atoms with E-state index in [1.807, 2.05) is 24.4 Å². The van der Waals surface area contributed by atoms with Gasteiger partial charge in [-0.05, 0) is 56.4 Å². The summed E-state index contributed by atoms with van der Waals surface area (Å²) in [6.45, 7) is 3.86. The van der Waals surface area contributed by atoms with Crippen molar-refractivity contribution >= 4 is 29.0 Å². The second kappa shape index (κ2) is 9.69. The van der Waals surface area contributed by atoms with Crippen LogP contribution >= 0.6 is 11.3 Å². The van der Waals surface area contributed by atoms with Gasteiger partial charge in [0.05, 0.1) is 17.8 Å². The Kier molecular flexibility index (Phi) is 6.46. The number of nitrogens with one attached hydrogen (secondary N) is 1. The van der Waals surface area contributed by atoms with Gasteiger partial charge >= 0.3 is 0 Å². The highest BCUT2D eigenvalue weighted by atomic mass is 32.1. The Morgan fingerprint density at radius 1 is 1.20 bits per heavy atom. The first-order valence-electron chi connectivity index (χ1n) is 12.0. The summed E-state index contributed by atoms with van der Waals surface area (Å²) in [6, 6.07) is 7.85. The molecule has 2 aliphatic rings. The maximum absolute atomic E-state index is 12.9.